The van der Waals surface area contributed by atoms with Crippen LogP contribution in [-0.2, 0) is 0 Å². The maximum Gasteiger partial charge on any atom is 0.135 e. The average Bonchev–Trinajstić information content (AvgIpc) is 3.84. The minimum atomic E-state index is 0.267. The Balaban J connectivity index is 0.957. The van der Waals surface area contributed by atoms with Crippen molar-refractivity contribution in [1.29, 1.82) is 0 Å². The molecule has 272 valence electrons. The fourth-order valence-electron chi connectivity index (χ4n) is 9.75. The minimum absolute atomic E-state index is 0.267. The van der Waals surface area contributed by atoms with Gasteiger partial charge in [0.05, 0.1) is 6.04 Å². The summed E-state index contributed by atoms with van der Waals surface area (Å²) in [5, 5.41) is 7.31. The van der Waals surface area contributed by atoms with Crippen LogP contribution in [0.2, 0.25) is 0 Å². The van der Waals surface area contributed by atoms with E-state index in [2.05, 4.69) is 205 Å². The van der Waals surface area contributed by atoms with Gasteiger partial charge < -0.3 is 9.32 Å². The molecule has 12 rings (SSSR count). The second-order valence-electron chi connectivity index (χ2n) is 15.6. The lowest BCUT2D eigenvalue weighted by Gasteiger charge is -2.28. The fourth-order valence-corrected chi connectivity index (χ4v) is 9.75. The summed E-state index contributed by atoms with van der Waals surface area (Å²) >= 11 is 0. The molecule has 58 heavy (non-hydrogen) atoms. The normalized spacial score (nSPS) is 15.8. The smallest absolute Gasteiger partial charge is 0.135 e. The topological polar surface area (TPSA) is 16.4 Å². The highest BCUT2D eigenvalue weighted by Crippen LogP contribution is 2.49. The first-order chi connectivity index (χ1) is 28.8. The molecule has 0 saturated heterocycles. The molecule has 1 aliphatic carbocycles. The third-order valence-corrected chi connectivity index (χ3v) is 12.4. The molecule has 0 radical (unpaired) electrons. The maximum atomic E-state index is 6.12. The number of fused-ring (bicyclic) bond motifs is 8. The summed E-state index contributed by atoms with van der Waals surface area (Å²) in [4.78, 5) is 2.50. The number of nitrogens with zero attached hydrogens (tertiary/aromatic N) is 1. The van der Waals surface area contributed by atoms with Crippen LogP contribution in [0.4, 0.5) is 11.4 Å². The van der Waals surface area contributed by atoms with Gasteiger partial charge in [-0.2, -0.15) is 0 Å². The summed E-state index contributed by atoms with van der Waals surface area (Å²) in [6.07, 6.45) is 9.09. The molecule has 2 atom stereocenters. The van der Waals surface area contributed by atoms with Gasteiger partial charge in [0.25, 0.3) is 0 Å². The van der Waals surface area contributed by atoms with Crippen LogP contribution in [0.1, 0.15) is 11.5 Å². The Bertz CT molecular complexity index is 3240. The predicted octanol–water partition coefficient (Wildman–Crippen LogP) is 15.3. The fraction of sp³-hybridized carbons (Fsp3) is 0.0357. The molecule has 0 saturated carbocycles. The van der Waals surface area contributed by atoms with Crippen LogP contribution in [0.15, 0.2) is 217 Å². The third-order valence-electron chi connectivity index (χ3n) is 12.4. The SMILES string of the molecule is C1=CC2c3cc(-c4cccc(-c5c6ccccc6c(-c6ccc(-c7ccc8oc9ccccc9c8c7)cc6)c6ccccc56)c4)ccc3N(c3ccccc3)C2C=C1. The number of para-hydroxylation sites is 2. The van der Waals surface area contributed by atoms with Crippen molar-refractivity contribution in [2.24, 2.45) is 0 Å². The van der Waals surface area contributed by atoms with Gasteiger partial charge in [-0.1, -0.05) is 164 Å². The van der Waals surface area contributed by atoms with E-state index in [1.54, 1.807) is 0 Å². The summed E-state index contributed by atoms with van der Waals surface area (Å²) in [5.74, 6) is 0.304. The molecule has 2 heterocycles. The number of rotatable bonds is 5. The van der Waals surface area contributed by atoms with Crippen molar-refractivity contribution in [1.82, 2.24) is 0 Å². The summed E-state index contributed by atoms with van der Waals surface area (Å²) in [5.41, 5.74) is 15.5. The van der Waals surface area contributed by atoms with Crippen LogP contribution in [0.3, 0.4) is 0 Å². The molecule has 0 spiro atoms. The lowest BCUT2D eigenvalue weighted by Crippen LogP contribution is -2.28. The van der Waals surface area contributed by atoms with E-state index in [0.29, 0.717) is 5.92 Å². The molecular formula is C56H37NO. The van der Waals surface area contributed by atoms with Crippen molar-refractivity contribution in [3.63, 3.8) is 0 Å². The van der Waals surface area contributed by atoms with Gasteiger partial charge in [0.2, 0.25) is 0 Å². The Kier molecular flexibility index (Phi) is 7.39. The van der Waals surface area contributed by atoms with E-state index >= 15 is 0 Å². The summed E-state index contributed by atoms with van der Waals surface area (Å²) < 4.78 is 6.12. The van der Waals surface area contributed by atoms with E-state index < -0.39 is 0 Å². The minimum Gasteiger partial charge on any atom is -0.456 e. The predicted molar refractivity (Wildman–Crippen MR) is 244 cm³/mol. The number of furan rings is 1. The van der Waals surface area contributed by atoms with Crippen molar-refractivity contribution in [2.75, 3.05) is 4.90 Å². The van der Waals surface area contributed by atoms with Crippen LogP contribution < -0.4 is 4.90 Å². The van der Waals surface area contributed by atoms with E-state index in [1.165, 1.54) is 83.0 Å². The second kappa shape index (κ2) is 13.1. The van der Waals surface area contributed by atoms with Gasteiger partial charge in [0.1, 0.15) is 11.2 Å². The first-order valence-electron chi connectivity index (χ1n) is 20.2. The molecule has 2 unspecified atom stereocenters. The van der Waals surface area contributed by atoms with Gasteiger partial charge in [-0.3, -0.25) is 0 Å². The average molecular weight is 740 g/mol. The monoisotopic (exact) mass is 739 g/mol. The van der Waals surface area contributed by atoms with Crippen molar-refractivity contribution in [3.05, 3.63) is 218 Å². The van der Waals surface area contributed by atoms with E-state index in [-0.39, 0.29) is 6.04 Å². The second-order valence-corrected chi connectivity index (χ2v) is 15.6. The Morgan fingerprint density at radius 1 is 0.362 bits per heavy atom. The number of benzene rings is 9. The third kappa shape index (κ3) is 5.12. The van der Waals surface area contributed by atoms with Gasteiger partial charge >= 0.3 is 0 Å². The molecule has 9 aromatic carbocycles. The maximum absolute atomic E-state index is 6.12. The largest absolute Gasteiger partial charge is 0.456 e. The lowest BCUT2D eigenvalue weighted by atomic mass is 9.85. The van der Waals surface area contributed by atoms with Crippen LogP contribution in [0, 0.1) is 0 Å². The molecular weight excluding hydrogens is 703 g/mol. The number of hydrogen-bond acceptors (Lipinski definition) is 2. The highest BCUT2D eigenvalue weighted by molar-refractivity contribution is 6.21. The summed E-state index contributed by atoms with van der Waals surface area (Å²) in [6, 6.07) is 69.0. The van der Waals surface area contributed by atoms with Crippen molar-refractivity contribution in [2.45, 2.75) is 12.0 Å². The zero-order valence-electron chi connectivity index (χ0n) is 31.7. The Morgan fingerprint density at radius 2 is 0.914 bits per heavy atom. The van der Waals surface area contributed by atoms with Crippen LogP contribution >= 0.6 is 0 Å². The summed E-state index contributed by atoms with van der Waals surface area (Å²) in [6.45, 7) is 0. The van der Waals surface area contributed by atoms with Crippen LogP contribution in [0.25, 0.3) is 88.0 Å². The first-order valence-corrected chi connectivity index (χ1v) is 20.2. The molecule has 1 aliphatic heterocycles. The number of hydrogen-bond donors (Lipinski definition) is 0. The number of anilines is 2. The molecule has 2 aliphatic rings. The molecule has 2 nitrogen and oxygen atoms in total. The first kappa shape index (κ1) is 32.8. The molecule has 0 fully saturated rings. The van der Waals surface area contributed by atoms with E-state index in [9.17, 15) is 0 Å². The van der Waals surface area contributed by atoms with E-state index in [1.807, 2.05) is 12.1 Å². The lowest BCUT2D eigenvalue weighted by molar-refractivity contribution is 0.669. The number of allylic oxidation sites excluding steroid dienone is 2. The van der Waals surface area contributed by atoms with E-state index in [0.717, 1.165) is 21.9 Å². The van der Waals surface area contributed by atoms with Crippen LogP contribution in [0.5, 0.6) is 0 Å². The molecule has 0 N–H and O–H groups in total. The van der Waals surface area contributed by atoms with Crippen molar-refractivity contribution < 1.29 is 4.42 Å². The van der Waals surface area contributed by atoms with Gasteiger partial charge in [-0.05, 0) is 120 Å². The summed E-state index contributed by atoms with van der Waals surface area (Å²) in [7, 11) is 0. The van der Waals surface area contributed by atoms with Gasteiger partial charge in [-0.15, -0.1) is 0 Å². The Labute approximate surface area is 337 Å². The zero-order chi connectivity index (χ0) is 38.2. The zero-order valence-corrected chi connectivity index (χ0v) is 31.7. The Morgan fingerprint density at radius 3 is 1.67 bits per heavy atom. The highest BCUT2D eigenvalue weighted by Gasteiger charge is 2.37. The van der Waals surface area contributed by atoms with E-state index in [4.69, 9.17) is 4.42 Å². The van der Waals surface area contributed by atoms with Crippen molar-refractivity contribution >= 4 is 54.9 Å². The van der Waals surface area contributed by atoms with Crippen LogP contribution in [-0.4, -0.2) is 6.04 Å². The van der Waals surface area contributed by atoms with Gasteiger partial charge in [0.15, 0.2) is 0 Å². The molecule has 2 heteroatoms. The molecule has 0 bridgehead atoms. The highest BCUT2D eigenvalue weighted by atomic mass is 16.3. The quantitative estimate of drug-likeness (QED) is 0.163. The molecule has 10 aromatic rings. The standard InChI is InChI=1S/C56H37NO/c1-2-15-42(16-3-1)57-51-23-10-8-17-43(51)49-34-40(29-31-52(49)57)38-13-12-14-41(33-38)56-47-21-6-4-19-45(47)55(46-20-5-7-22-48(46)56)37-27-25-36(26-28-37)39-30-32-54-50(35-39)44-18-9-11-24-53(44)58-54/h1-35,43,51H. The molecule has 0 amide bonds. The molecule has 1 aromatic heterocycles. The Hall–Kier alpha value is -7.42. The van der Waals surface area contributed by atoms with Gasteiger partial charge in [0, 0.05) is 28.1 Å². The van der Waals surface area contributed by atoms with Crippen molar-refractivity contribution in [3.8, 4) is 44.5 Å². The van der Waals surface area contributed by atoms with Gasteiger partial charge in [-0.25, -0.2) is 0 Å².